The van der Waals surface area contributed by atoms with Gasteiger partial charge in [-0.25, -0.2) is 4.68 Å². The Hall–Kier alpha value is -1.06. The summed E-state index contributed by atoms with van der Waals surface area (Å²) in [7, 11) is 1.82. The normalized spacial score (nSPS) is 10.6. The van der Waals surface area contributed by atoms with E-state index < -0.39 is 0 Å². The molecule has 0 bridgehead atoms. The van der Waals surface area contributed by atoms with Crippen molar-refractivity contribution in [2.24, 2.45) is 0 Å². The molecule has 62 valence electrons. The van der Waals surface area contributed by atoms with Crippen molar-refractivity contribution in [1.29, 1.82) is 0 Å². The van der Waals surface area contributed by atoms with Crippen molar-refractivity contribution in [2.75, 3.05) is 12.4 Å². The predicted octanol–water partition coefficient (Wildman–Crippen LogP) is 1.21. The molecule has 0 unspecified atom stereocenters. The van der Waals surface area contributed by atoms with Crippen LogP contribution in [0.15, 0.2) is 0 Å². The molecule has 0 fully saturated rings. The molecule has 0 amide bonds. The number of aromatic nitrogens is 3. The number of hydrogen-bond donors (Lipinski definition) is 1. The molecule has 1 aromatic heterocycles. The second-order valence-electron chi connectivity index (χ2n) is 2.77. The van der Waals surface area contributed by atoms with Crippen LogP contribution in [-0.2, 0) is 0 Å². The van der Waals surface area contributed by atoms with Gasteiger partial charge in [-0.2, -0.15) is 4.98 Å². The number of nitrogens with zero attached hydrogens (tertiary/aromatic N) is 3. The minimum Gasteiger partial charge on any atom is -0.356 e. The highest BCUT2D eigenvalue weighted by Crippen LogP contribution is 2.08. The third-order valence-electron chi connectivity index (χ3n) is 1.51. The van der Waals surface area contributed by atoms with Gasteiger partial charge in [-0.05, 0) is 20.8 Å². The predicted molar refractivity (Wildman–Crippen MR) is 44.7 cm³/mol. The van der Waals surface area contributed by atoms with Gasteiger partial charge >= 0.3 is 0 Å². The summed E-state index contributed by atoms with van der Waals surface area (Å²) in [6.45, 7) is 6.12. The van der Waals surface area contributed by atoms with E-state index in [1.54, 1.807) is 0 Å². The van der Waals surface area contributed by atoms with Gasteiger partial charge in [0.2, 0.25) is 5.95 Å². The largest absolute Gasteiger partial charge is 0.356 e. The molecule has 0 radical (unpaired) electrons. The number of nitrogens with one attached hydrogen (secondary N) is 1. The Morgan fingerprint density at radius 3 is 2.36 bits per heavy atom. The number of rotatable bonds is 2. The van der Waals surface area contributed by atoms with Crippen molar-refractivity contribution in [1.82, 2.24) is 14.8 Å². The zero-order valence-corrected chi connectivity index (χ0v) is 7.42. The Bertz CT molecular complexity index is 239. The average Bonchev–Trinajstić information content (AvgIpc) is 2.30. The molecule has 0 aromatic carbocycles. The third kappa shape index (κ3) is 1.50. The quantitative estimate of drug-likeness (QED) is 0.696. The van der Waals surface area contributed by atoms with Gasteiger partial charge in [0.15, 0.2) is 0 Å². The summed E-state index contributed by atoms with van der Waals surface area (Å²) in [5, 5.41) is 7.12. The fraction of sp³-hybridized carbons (Fsp3) is 0.714. The zero-order valence-electron chi connectivity index (χ0n) is 7.42. The molecule has 0 aliphatic rings. The Balaban J connectivity index is 2.97. The molecule has 0 saturated heterocycles. The molecule has 1 aromatic rings. The molecule has 1 rings (SSSR count). The highest BCUT2D eigenvalue weighted by Gasteiger charge is 2.05. The van der Waals surface area contributed by atoms with Crippen molar-refractivity contribution >= 4 is 5.95 Å². The topological polar surface area (TPSA) is 42.7 Å². The zero-order chi connectivity index (χ0) is 8.43. The molecule has 0 atom stereocenters. The van der Waals surface area contributed by atoms with Crippen molar-refractivity contribution in [3.05, 3.63) is 5.82 Å². The number of hydrogen-bond acceptors (Lipinski definition) is 3. The lowest BCUT2D eigenvalue weighted by molar-refractivity contribution is 0.517. The minimum absolute atomic E-state index is 0.379. The third-order valence-corrected chi connectivity index (χ3v) is 1.51. The molecule has 1 N–H and O–H groups in total. The lowest BCUT2D eigenvalue weighted by atomic mass is 10.4. The van der Waals surface area contributed by atoms with Crippen LogP contribution in [0.25, 0.3) is 0 Å². The Kier molecular flexibility index (Phi) is 2.12. The number of anilines is 1. The standard InChI is InChI=1S/C7H14N4/c1-5(2)11-6(3)9-7(8-4)10-11/h5H,1-4H3,(H,8,10). The summed E-state index contributed by atoms with van der Waals surface area (Å²) >= 11 is 0. The first-order chi connectivity index (χ1) is 5.15. The molecule has 4 heteroatoms. The van der Waals surface area contributed by atoms with Crippen molar-refractivity contribution in [2.45, 2.75) is 26.8 Å². The minimum atomic E-state index is 0.379. The van der Waals surface area contributed by atoms with E-state index in [9.17, 15) is 0 Å². The lowest BCUT2D eigenvalue weighted by Crippen LogP contribution is -2.05. The van der Waals surface area contributed by atoms with Crippen LogP contribution in [0.4, 0.5) is 5.95 Å². The van der Waals surface area contributed by atoms with E-state index in [0.29, 0.717) is 12.0 Å². The summed E-state index contributed by atoms with van der Waals surface area (Å²) < 4.78 is 1.89. The summed E-state index contributed by atoms with van der Waals surface area (Å²) in [5.74, 6) is 1.64. The second kappa shape index (κ2) is 2.90. The van der Waals surface area contributed by atoms with Gasteiger partial charge in [-0.3, -0.25) is 0 Å². The maximum atomic E-state index is 4.22. The van der Waals surface area contributed by atoms with E-state index in [-0.39, 0.29) is 0 Å². The van der Waals surface area contributed by atoms with Crippen molar-refractivity contribution in [3.63, 3.8) is 0 Å². The van der Waals surface area contributed by atoms with Crippen molar-refractivity contribution < 1.29 is 0 Å². The van der Waals surface area contributed by atoms with Gasteiger partial charge < -0.3 is 5.32 Å². The summed E-state index contributed by atoms with van der Waals surface area (Å²) in [6.07, 6.45) is 0. The summed E-state index contributed by atoms with van der Waals surface area (Å²) in [6, 6.07) is 0.379. The second-order valence-corrected chi connectivity index (χ2v) is 2.77. The van der Waals surface area contributed by atoms with E-state index in [1.807, 2.05) is 18.7 Å². The molecule has 0 saturated carbocycles. The van der Waals surface area contributed by atoms with Crippen LogP contribution in [0.2, 0.25) is 0 Å². The lowest BCUT2D eigenvalue weighted by Gasteiger charge is -2.04. The summed E-state index contributed by atoms with van der Waals surface area (Å²) in [5.41, 5.74) is 0. The highest BCUT2D eigenvalue weighted by molar-refractivity contribution is 5.21. The molecule has 0 aliphatic heterocycles. The monoisotopic (exact) mass is 154 g/mol. The van der Waals surface area contributed by atoms with E-state index >= 15 is 0 Å². The van der Waals surface area contributed by atoms with E-state index in [0.717, 1.165) is 5.82 Å². The first-order valence-electron chi connectivity index (χ1n) is 3.76. The van der Waals surface area contributed by atoms with Crippen LogP contribution >= 0.6 is 0 Å². The molecule has 1 heterocycles. The van der Waals surface area contributed by atoms with Crippen molar-refractivity contribution in [3.8, 4) is 0 Å². The maximum Gasteiger partial charge on any atom is 0.242 e. The van der Waals surface area contributed by atoms with Crippen LogP contribution in [0.3, 0.4) is 0 Å². The molecular formula is C7H14N4. The highest BCUT2D eigenvalue weighted by atomic mass is 15.4. The van der Waals surface area contributed by atoms with Crippen LogP contribution in [0.5, 0.6) is 0 Å². The van der Waals surface area contributed by atoms with E-state index in [4.69, 9.17) is 0 Å². The first kappa shape index (κ1) is 8.04. The molecule has 0 aliphatic carbocycles. The van der Waals surface area contributed by atoms with Crippen LogP contribution < -0.4 is 5.32 Å². The van der Waals surface area contributed by atoms with Crippen LogP contribution in [0, 0.1) is 6.92 Å². The summed E-state index contributed by atoms with van der Waals surface area (Å²) in [4.78, 5) is 4.19. The fourth-order valence-electron chi connectivity index (χ4n) is 0.996. The van der Waals surface area contributed by atoms with Gasteiger partial charge in [0.25, 0.3) is 0 Å². The van der Waals surface area contributed by atoms with Gasteiger partial charge in [0.05, 0.1) is 0 Å². The van der Waals surface area contributed by atoms with Gasteiger partial charge in [-0.1, -0.05) is 0 Å². The van der Waals surface area contributed by atoms with Gasteiger partial charge in [0.1, 0.15) is 5.82 Å². The van der Waals surface area contributed by atoms with E-state index in [1.165, 1.54) is 0 Å². The Morgan fingerprint density at radius 1 is 1.45 bits per heavy atom. The molecule has 11 heavy (non-hydrogen) atoms. The first-order valence-corrected chi connectivity index (χ1v) is 3.76. The Morgan fingerprint density at radius 2 is 2.09 bits per heavy atom. The van der Waals surface area contributed by atoms with E-state index in [2.05, 4.69) is 29.2 Å². The van der Waals surface area contributed by atoms with Crippen LogP contribution in [-0.4, -0.2) is 21.8 Å². The van der Waals surface area contributed by atoms with Gasteiger partial charge in [0, 0.05) is 13.1 Å². The van der Waals surface area contributed by atoms with Gasteiger partial charge in [-0.15, -0.1) is 5.10 Å². The Labute approximate surface area is 66.6 Å². The molecule has 4 nitrogen and oxygen atoms in total. The maximum absolute atomic E-state index is 4.22. The fourth-order valence-corrected chi connectivity index (χ4v) is 0.996. The average molecular weight is 154 g/mol. The number of aryl methyl sites for hydroxylation is 1. The molecular weight excluding hydrogens is 140 g/mol. The van der Waals surface area contributed by atoms with Crippen LogP contribution in [0.1, 0.15) is 25.7 Å². The smallest absolute Gasteiger partial charge is 0.242 e. The molecule has 0 spiro atoms. The SMILES string of the molecule is CNc1nc(C)n(C(C)C)n1.